The molecule has 0 saturated carbocycles. The molecule has 2 rings (SSSR count). The van der Waals surface area contributed by atoms with Gasteiger partial charge in [0, 0.05) is 11.7 Å². The lowest BCUT2D eigenvalue weighted by atomic mass is 9.93. The highest BCUT2D eigenvalue weighted by Gasteiger charge is 2.22. The van der Waals surface area contributed by atoms with Gasteiger partial charge in [-0.05, 0) is 37.5 Å². The maximum Gasteiger partial charge on any atom is 0.413 e. The first kappa shape index (κ1) is 21.5. The van der Waals surface area contributed by atoms with Gasteiger partial charge in [-0.15, -0.1) is 0 Å². The number of nitrogens with two attached hydrogens (primary N) is 1. The van der Waals surface area contributed by atoms with Crippen LogP contribution in [0.1, 0.15) is 32.9 Å². The maximum atomic E-state index is 13.5. The number of methoxy groups -OCH3 is 1. The molecular formula is C19H26FN5O3. The highest BCUT2D eigenvalue weighted by Crippen LogP contribution is 2.25. The average Bonchev–Trinajstić information content (AvgIpc) is 2.65. The van der Waals surface area contributed by atoms with E-state index in [0.29, 0.717) is 23.1 Å². The van der Waals surface area contributed by atoms with Gasteiger partial charge in [0.15, 0.2) is 0 Å². The fourth-order valence-corrected chi connectivity index (χ4v) is 2.80. The highest BCUT2D eigenvalue weighted by molar-refractivity contribution is 5.82. The standard InChI is InChI=1S/C19H26FN5O3/c1-12(2)9-19(3,21)11-28-16-6-5-13(23-15(16)10-20)14-7-8-22-17(24-14)25-18(26)27-4/h5-8,12H,9-11,21H2,1-4H3,(H,22,24,25,26). The van der Waals surface area contributed by atoms with Gasteiger partial charge in [-0.3, -0.25) is 5.32 Å². The van der Waals surface area contributed by atoms with E-state index in [2.05, 4.69) is 38.9 Å². The quantitative estimate of drug-likeness (QED) is 0.710. The Balaban J connectivity index is 2.19. The van der Waals surface area contributed by atoms with E-state index in [-0.39, 0.29) is 18.2 Å². The van der Waals surface area contributed by atoms with Crippen molar-refractivity contribution in [1.29, 1.82) is 0 Å². The van der Waals surface area contributed by atoms with Gasteiger partial charge in [-0.25, -0.2) is 24.1 Å². The second-order valence-corrected chi connectivity index (χ2v) is 7.20. The summed E-state index contributed by atoms with van der Waals surface area (Å²) in [6, 6.07) is 4.90. The summed E-state index contributed by atoms with van der Waals surface area (Å²) in [5.41, 5.74) is 6.72. The Hall–Kier alpha value is -2.81. The highest BCUT2D eigenvalue weighted by atomic mass is 19.1. The van der Waals surface area contributed by atoms with Crippen LogP contribution in [0.25, 0.3) is 11.4 Å². The molecule has 1 atom stereocenters. The molecule has 0 fully saturated rings. The van der Waals surface area contributed by atoms with Gasteiger partial charge in [0.2, 0.25) is 5.95 Å². The van der Waals surface area contributed by atoms with Gasteiger partial charge in [-0.1, -0.05) is 13.8 Å². The van der Waals surface area contributed by atoms with Gasteiger partial charge >= 0.3 is 6.09 Å². The van der Waals surface area contributed by atoms with Crippen molar-refractivity contribution in [2.45, 2.75) is 39.4 Å². The van der Waals surface area contributed by atoms with E-state index < -0.39 is 18.3 Å². The number of anilines is 1. The summed E-state index contributed by atoms with van der Waals surface area (Å²) in [5.74, 6) is 0.819. The third kappa shape index (κ3) is 6.12. The molecule has 8 nitrogen and oxygen atoms in total. The van der Waals surface area contributed by atoms with Crippen LogP contribution in [0.5, 0.6) is 5.75 Å². The summed E-state index contributed by atoms with van der Waals surface area (Å²) >= 11 is 0. The summed E-state index contributed by atoms with van der Waals surface area (Å²) in [4.78, 5) is 23.7. The first-order chi connectivity index (χ1) is 13.2. The van der Waals surface area contributed by atoms with E-state index in [1.807, 2.05) is 6.92 Å². The van der Waals surface area contributed by atoms with Crippen molar-refractivity contribution in [3.05, 3.63) is 30.1 Å². The molecule has 0 aliphatic rings. The number of hydrogen-bond donors (Lipinski definition) is 2. The van der Waals surface area contributed by atoms with Crippen molar-refractivity contribution in [2.24, 2.45) is 11.7 Å². The Labute approximate surface area is 163 Å². The molecule has 1 amide bonds. The van der Waals surface area contributed by atoms with Gasteiger partial charge < -0.3 is 15.2 Å². The Bertz CT molecular complexity index is 814. The lowest BCUT2D eigenvalue weighted by Crippen LogP contribution is -2.43. The molecule has 0 aliphatic carbocycles. The number of halogens is 1. The second-order valence-electron chi connectivity index (χ2n) is 7.20. The summed E-state index contributed by atoms with van der Waals surface area (Å²) in [5, 5.41) is 2.37. The summed E-state index contributed by atoms with van der Waals surface area (Å²) in [6.45, 7) is 5.52. The summed E-state index contributed by atoms with van der Waals surface area (Å²) in [7, 11) is 1.24. The third-order valence-corrected chi connectivity index (χ3v) is 3.81. The van der Waals surface area contributed by atoms with Crippen molar-refractivity contribution in [3.63, 3.8) is 0 Å². The van der Waals surface area contributed by atoms with E-state index in [1.54, 1.807) is 18.2 Å². The summed E-state index contributed by atoms with van der Waals surface area (Å²) < 4.78 is 23.8. The molecule has 0 aromatic carbocycles. The van der Waals surface area contributed by atoms with Crippen LogP contribution in [0.4, 0.5) is 15.1 Å². The molecule has 152 valence electrons. The number of hydrogen-bond acceptors (Lipinski definition) is 7. The largest absolute Gasteiger partial charge is 0.490 e. The van der Waals surface area contributed by atoms with Crippen LogP contribution < -0.4 is 15.8 Å². The Morgan fingerprint density at radius 2 is 2.00 bits per heavy atom. The number of alkyl halides is 1. The maximum absolute atomic E-state index is 13.5. The Kier molecular flexibility index (Phi) is 7.22. The molecule has 3 N–H and O–H groups in total. The van der Waals surface area contributed by atoms with E-state index in [9.17, 15) is 9.18 Å². The average molecular weight is 391 g/mol. The molecule has 0 radical (unpaired) electrons. The SMILES string of the molecule is COC(=O)Nc1nccc(-c2ccc(OCC(C)(N)CC(C)C)c(CF)n2)n1. The van der Waals surface area contributed by atoms with Gasteiger partial charge in [0.25, 0.3) is 0 Å². The molecule has 2 aromatic heterocycles. The zero-order valence-corrected chi connectivity index (χ0v) is 16.5. The number of carbonyl (C=O) groups is 1. The first-order valence-corrected chi connectivity index (χ1v) is 8.90. The number of amides is 1. The number of aromatic nitrogens is 3. The number of rotatable bonds is 8. The fourth-order valence-electron chi connectivity index (χ4n) is 2.80. The molecule has 0 bridgehead atoms. The normalized spacial score (nSPS) is 13.1. The van der Waals surface area contributed by atoms with Crippen LogP contribution in [0.2, 0.25) is 0 Å². The van der Waals surface area contributed by atoms with Crippen molar-refractivity contribution in [1.82, 2.24) is 15.0 Å². The Morgan fingerprint density at radius 3 is 2.64 bits per heavy atom. The van der Waals surface area contributed by atoms with Gasteiger partial charge in [0.1, 0.15) is 24.7 Å². The molecule has 2 heterocycles. The van der Waals surface area contributed by atoms with E-state index in [0.717, 1.165) is 6.42 Å². The molecule has 2 aromatic rings. The molecule has 28 heavy (non-hydrogen) atoms. The number of pyridine rings is 1. The predicted octanol–water partition coefficient (Wildman–Crippen LogP) is 3.33. The molecule has 9 heteroatoms. The number of carbonyl (C=O) groups excluding carboxylic acids is 1. The number of nitrogens with zero attached hydrogens (tertiary/aromatic N) is 3. The van der Waals surface area contributed by atoms with Crippen LogP contribution in [-0.2, 0) is 11.4 Å². The lowest BCUT2D eigenvalue weighted by molar-refractivity contribution is 0.186. The minimum atomic E-state index is -0.799. The van der Waals surface area contributed by atoms with Crippen molar-refractivity contribution < 1.29 is 18.7 Å². The van der Waals surface area contributed by atoms with Crippen LogP contribution in [0.15, 0.2) is 24.4 Å². The summed E-state index contributed by atoms with van der Waals surface area (Å²) in [6.07, 6.45) is 1.55. The smallest absolute Gasteiger partial charge is 0.413 e. The second kappa shape index (κ2) is 9.41. The topological polar surface area (TPSA) is 112 Å². The molecule has 0 spiro atoms. The number of nitrogens with one attached hydrogen (secondary N) is 1. The van der Waals surface area contributed by atoms with Crippen LogP contribution in [-0.4, -0.2) is 40.3 Å². The molecule has 1 unspecified atom stereocenters. The van der Waals surface area contributed by atoms with Gasteiger partial charge in [-0.2, -0.15) is 0 Å². The lowest BCUT2D eigenvalue weighted by Gasteiger charge is -2.27. The molecule has 0 aliphatic heterocycles. The van der Waals surface area contributed by atoms with Crippen LogP contribution in [0.3, 0.4) is 0 Å². The van der Waals surface area contributed by atoms with Crippen molar-refractivity contribution in [3.8, 4) is 17.1 Å². The Morgan fingerprint density at radius 1 is 1.29 bits per heavy atom. The minimum Gasteiger partial charge on any atom is -0.490 e. The minimum absolute atomic E-state index is 0.0564. The molecular weight excluding hydrogens is 365 g/mol. The van der Waals surface area contributed by atoms with Crippen LogP contribution >= 0.6 is 0 Å². The fraction of sp³-hybridized carbons (Fsp3) is 0.474. The van der Waals surface area contributed by atoms with Crippen molar-refractivity contribution in [2.75, 3.05) is 19.0 Å². The van der Waals surface area contributed by atoms with E-state index in [4.69, 9.17) is 10.5 Å². The van der Waals surface area contributed by atoms with Gasteiger partial charge in [0.05, 0.1) is 18.5 Å². The van der Waals surface area contributed by atoms with E-state index in [1.165, 1.54) is 13.3 Å². The zero-order valence-electron chi connectivity index (χ0n) is 16.5. The number of ether oxygens (including phenoxy) is 2. The third-order valence-electron chi connectivity index (χ3n) is 3.81. The van der Waals surface area contributed by atoms with Crippen LogP contribution in [0, 0.1) is 5.92 Å². The van der Waals surface area contributed by atoms with Crippen molar-refractivity contribution >= 4 is 12.0 Å². The molecule has 0 saturated heterocycles. The predicted molar refractivity (Wildman–Crippen MR) is 104 cm³/mol. The first-order valence-electron chi connectivity index (χ1n) is 8.90. The van der Waals surface area contributed by atoms with E-state index >= 15 is 0 Å². The monoisotopic (exact) mass is 391 g/mol. The zero-order chi connectivity index (χ0) is 20.7.